The zero-order valence-electron chi connectivity index (χ0n) is 12.0. The number of anilines is 2. The lowest BCUT2D eigenvalue weighted by atomic mass is 10.0. The number of carboxylic acid groups (broad SMARTS) is 1. The zero-order chi connectivity index (χ0) is 15.5. The van der Waals surface area contributed by atoms with E-state index in [9.17, 15) is 9.90 Å². The van der Waals surface area contributed by atoms with E-state index in [0.717, 1.165) is 16.5 Å². The van der Waals surface area contributed by atoms with E-state index in [2.05, 4.69) is 5.32 Å². The van der Waals surface area contributed by atoms with Crippen LogP contribution in [-0.2, 0) is 0 Å². The van der Waals surface area contributed by atoms with Crippen LogP contribution in [0.1, 0.15) is 10.4 Å². The predicted octanol–water partition coefficient (Wildman–Crippen LogP) is 4.29. The fourth-order valence-corrected chi connectivity index (χ4v) is 2.49. The summed E-state index contributed by atoms with van der Waals surface area (Å²) in [4.78, 5) is 11.7. The first-order chi connectivity index (χ1) is 10.7. The van der Waals surface area contributed by atoms with Crippen molar-refractivity contribution >= 4 is 28.1 Å². The first-order valence-corrected chi connectivity index (χ1v) is 6.86. The lowest BCUT2D eigenvalue weighted by Gasteiger charge is -2.16. The highest BCUT2D eigenvalue weighted by Crippen LogP contribution is 2.36. The molecule has 22 heavy (non-hydrogen) atoms. The third-order valence-corrected chi connectivity index (χ3v) is 3.49. The Kier molecular flexibility index (Phi) is 3.66. The zero-order valence-corrected chi connectivity index (χ0v) is 12.0. The number of benzene rings is 3. The maximum Gasteiger partial charge on any atom is 0.341 e. The average molecular weight is 293 g/mol. The number of hydrogen-bond acceptors (Lipinski definition) is 3. The van der Waals surface area contributed by atoms with Gasteiger partial charge < -0.3 is 15.2 Å². The van der Waals surface area contributed by atoms with Gasteiger partial charge in [-0.2, -0.15) is 0 Å². The second-order valence-corrected chi connectivity index (χ2v) is 4.85. The van der Waals surface area contributed by atoms with E-state index in [1.165, 1.54) is 7.11 Å². The van der Waals surface area contributed by atoms with Crippen molar-refractivity contribution < 1.29 is 14.6 Å². The van der Waals surface area contributed by atoms with Gasteiger partial charge in [0.25, 0.3) is 0 Å². The van der Waals surface area contributed by atoms with Crippen LogP contribution in [0.2, 0.25) is 0 Å². The van der Waals surface area contributed by atoms with Crippen LogP contribution in [0.25, 0.3) is 10.8 Å². The highest BCUT2D eigenvalue weighted by Gasteiger charge is 2.20. The monoisotopic (exact) mass is 293 g/mol. The van der Waals surface area contributed by atoms with Crippen molar-refractivity contribution in [2.75, 3.05) is 12.4 Å². The first kappa shape index (κ1) is 13.9. The van der Waals surface area contributed by atoms with E-state index in [0.29, 0.717) is 11.4 Å². The molecule has 2 N–H and O–H groups in total. The summed E-state index contributed by atoms with van der Waals surface area (Å²) in [6.45, 7) is 0. The molecule has 0 heterocycles. The Hall–Kier alpha value is -3.01. The number of para-hydroxylation sites is 1. The maximum atomic E-state index is 11.7. The highest BCUT2D eigenvalue weighted by molar-refractivity contribution is 6.09. The van der Waals surface area contributed by atoms with Gasteiger partial charge in [-0.25, -0.2) is 4.79 Å². The van der Waals surface area contributed by atoms with Crippen LogP contribution in [-0.4, -0.2) is 18.2 Å². The maximum absolute atomic E-state index is 11.7. The summed E-state index contributed by atoms with van der Waals surface area (Å²) < 4.78 is 5.27. The number of fused-ring (bicyclic) bond motifs is 1. The minimum atomic E-state index is -1.03. The molecule has 4 nitrogen and oxygen atoms in total. The molecule has 4 heteroatoms. The molecular formula is C18H15NO3. The van der Waals surface area contributed by atoms with Crippen molar-refractivity contribution in [1.82, 2.24) is 0 Å². The van der Waals surface area contributed by atoms with Crippen LogP contribution in [0.15, 0.2) is 60.7 Å². The third-order valence-electron chi connectivity index (χ3n) is 3.49. The molecule has 110 valence electrons. The van der Waals surface area contributed by atoms with Crippen LogP contribution < -0.4 is 10.1 Å². The number of nitrogens with one attached hydrogen (secondary N) is 1. The largest absolute Gasteiger partial charge is 0.496 e. The molecule has 0 bridgehead atoms. The van der Waals surface area contributed by atoms with Crippen LogP contribution in [0, 0.1) is 0 Å². The number of methoxy groups -OCH3 is 1. The van der Waals surface area contributed by atoms with Gasteiger partial charge in [-0.3, -0.25) is 0 Å². The van der Waals surface area contributed by atoms with Gasteiger partial charge in [0, 0.05) is 11.1 Å². The van der Waals surface area contributed by atoms with Gasteiger partial charge in [0.15, 0.2) is 0 Å². The molecule has 0 fully saturated rings. The number of hydrogen-bond donors (Lipinski definition) is 2. The van der Waals surface area contributed by atoms with E-state index in [4.69, 9.17) is 4.74 Å². The van der Waals surface area contributed by atoms with Crippen molar-refractivity contribution in [3.05, 3.63) is 66.2 Å². The first-order valence-electron chi connectivity index (χ1n) is 6.86. The molecule has 0 saturated heterocycles. The molecule has 0 atom stereocenters. The molecule has 3 rings (SSSR count). The number of aromatic carboxylic acids is 1. The normalized spacial score (nSPS) is 10.4. The lowest BCUT2D eigenvalue weighted by molar-refractivity contribution is 0.0694. The molecule has 0 unspecified atom stereocenters. The molecule has 0 amide bonds. The van der Waals surface area contributed by atoms with Crippen LogP contribution in [0.4, 0.5) is 11.4 Å². The summed E-state index contributed by atoms with van der Waals surface area (Å²) in [6.07, 6.45) is 0. The van der Waals surface area contributed by atoms with Crippen molar-refractivity contribution in [3.8, 4) is 5.75 Å². The molecular weight excluding hydrogens is 278 g/mol. The molecule has 0 aliphatic carbocycles. The Morgan fingerprint density at radius 2 is 1.73 bits per heavy atom. The second-order valence-electron chi connectivity index (χ2n) is 4.85. The minimum Gasteiger partial charge on any atom is -0.496 e. The molecule has 0 aliphatic heterocycles. The van der Waals surface area contributed by atoms with E-state index >= 15 is 0 Å². The van der Waals surface area contributed by atoms with Gasteiger partial charge in [0.2, 0.25) is 0 Å². The molecule has 3 aromatic rings. The number of ether oxygens (including phenoxy) is 1. The Balaban J connectivity index is 2.28. The topological polar surface area (TPSA) is 58.6 Å². The average Bonchev–Trinajstić information content (AvgIpc) is 2.55. The summed E-state index contributed by atoms with van der Waals surface area (Å²) in [6, 6.07) is 18.8. The molecule has 0 saturated carbocycles. The molecule has 0 spiro atoms. The van der Waals surface area contributed by atoms with Crippen LogP contribution in [0.3, 0.4) is 0 Å². The fraction of sp³-hybridized carbons (Fsp3) is 0.0556. The molecule has 0 aliphatic rings. The van der Waals surface area contributed by atoms with Gasteiger partial charge in [0.1, 0.15) is 11.3 Å². The Bertz CT molecular complexity index is 828. The smallest absolute Gasteiger partial charge is 0.341 e. The Labute approximate surface area is 128 Å². The van der Waals surface area contributed by atoms with E-state index < -0.39 is 5.97 Å². The SMILES string of the molecule is COc1cc2ccccc2c(Nc2ccccc2)c1C(=O)O. The minimum absolute atomic E-state index is 0.130. The van der Waals surface area contributed by atoms with Gasteiger partial charge in [-0.1, -0.05) is 42.5 Å². The number of carboxylic acids is 1. The summed E-state index contributed by atoms with van der Waals surface area (Å²) in [7, 11) is 1.48. The number of rotatable bonds is 4. The second kappa shape index (κ2) is 5.77. The van der Waals surface area contributed by atoms with E-state index in [1.54, 1.807) is 6.07 Å². The summed E-state index contributed by atoms with van der Waals surface area (Å²) in [5, 5.41) is 14.6. The highest BCUT2D eigenvalue weighted by atomic mass is 16.5. The van der Waals surface area contributed by atoms with E-state index in [1.807, 2.05) is 54.6 Å². The molecule has 0 aromatic heterocycles. The quantitative estimate of drug-likeness (QED) is 0.753. The lowest BCUT2D eigenvalue weighted by Crippen LogP contribution is -2.06. The van der Waals surface area contributed by atoms with Crippen LogP contribution in [0.5, 0.6) is 5.75 Å². The summed E-state index contributed by atoms with van der Waals surface area (Å²) in [5.74, 6) is -0.689. The Morgan fingerprint density at radius 1 is 1.05 bits per heavy atom. The Morgan fingerprint density at radius 3 is 2.41 bits per heavy atom. The molecule has 0 radical (unpaired) electrons. The van der Waals surface area contributed by atoms with Gasteiger partial charge in [-0.05, 0) is 23.6 Å². The number of carbonyl (C=O) groups is 1. The van der Waals surface area contributed by atoms with Gasteiger partial charge in [0.05, 0.1) is 12.8 Å². The standard InChI is InChI=1S/C18H15NO3/c1-22-15-11-12-7-5-6-10-14(12)17(16(15)18(20)21)19-13-8-3-2-4-9-13/h2-11,19H,1H3,(H,20,21). The third kappa shape index (κ3) is 2.46. The summed E-state index contributed by atoms with van der Waals surface area (Å²) >= 11 is 0. The van der Waals surface area contributed by atoms with Crippen molar-refractivity contribution in [3.63, 3.8) is 0 Å². The van der Waals surface area contributed by atoms with Crippen LogP contribution >= 0.6 is 0 Å². The van der Waals surface area contributed by atoms with Gasteiger partial charge in [-0.15, -0.1) is 0 Å². The van der Waals surface area contributed by atoms with Gasteiger partial charge >= 0.3 is 5.97 Å². The van der Waals surface area contributed by atoms with E-state index in [-0.39, 0.29) is 5.56 Å². The predicted molar refractivity (Wildman–Crippen MR) is 87.2 cm³/mol. The molecule has 3 aromatic carbocycles. The van der Waals surface area contributed by atoms with Crippen molar-refractivity contribution in [2.24, 2.45) is 0 Å². The summed E-state index contributed by atoms with van der Waals surface area (Å²) in [5.41, 5.74) is 1.49. The van der Waals surface area contributed by atoms with Crippen molar-refractivity contribution in [2.45, 2.75) is 0 Å². The fourth-order valence-electron chi connectivity index (χ4n) is 2.49. The van der Waals surface area contributed by atoms with Crippen molar-refractivity contribution in [1.29, 1.82) is 0 Å².